The number of benzene rings is 2. The van der Waals surface area contributed by atoms with Gasteiger partial charge in [0.05, 0.1) is 5.69 Å². The molecular formula is C16H13NOS. The van der Waals surface area contributed by atoms with Crippen molar-refractivity contribution in [3.63, 3.8) is 0 Å². The highest BCUT2D eigenvalue weighted by Crippen LogP contribution is 2.52. The first-order valence-corrected chi connectivity index (χ1v) is 7.09. The molecule has 19 heavy (non-hydrogen) atoms. The number of anilines is 1. The normalized spacial score (nSPS) is 23.1. The van der Waals surface area contributed by atoms with Gasteiger partial charge in [0, 0.05) is 17.5 Å². The molecule has 2 aliphatic heterocycles. The van der Waals surface area contributed by atoms with Gasteiger partial charge in [0.2, 0.25) is 0 Å². The second-order valence-corrected chi connectivity index (χ2v) is 5.96. The van der Waals surface area contributed by atoms with Crippen LogP contribution >= 0.6 is 11.8 Å². The monoisotopic (exact) mass is 267 g/mol. The zero-order valence-electron chi connectivity index (χ0n) is 10.5. The number of hydrogen-bond acceptors (Lipinski definition) is 3. The Hall–Kier alpha value is -1.87. The summed E-state index contributed by atoms with van der Waals surface area (Å²) in [7, 11) is 2.08. The molecule has 0 N–H and O–H groups in total. The summed E-state index contributed by atoms with van der Waals surface area (Å²) < 4.78 is 6.28. The van der Waals surface area contributed by atoms with Gasteiger partial charge in [-0.1, -0.05) is 30.3 Å². The second kappa shape index (κ2) is 3.81. The Labute approximate surface area is 116 Å². The van der Waals surface area contributed by atoms with Crippen molar-refractivity contribution < 1.29 is 4.74 Å². The van der Waals surface area contributed by atoms with Crippen LogP contribution in [0.2, 0.25) is 0 Å². The van der Waals surface area contributed by atoms with E-state index in [1.54, 1.807) is 11.8 Å². The predicted molar refractivity (Wildman–Crippen MR) is 79.5 cm³/mol. The lowest BCUT2D eigenvalue weighted by atomic mass is 10.1. The molecule has 94 valence electrons. The zero-order chi connectivity index (χ0) is 12.9. The van der Waals surface area contributed by atoms with Crippen molar-refractivity contribution in [3.8, 4) is 5.75 Å². The molecule has 2 nitrogen and oxygen atoms in total. The van der Waals surface area contributed by atoms with Crippen LogP contribution < -0.4 is 9.64 Å². The molecule has 2 aromatic rings. The van der Waals surface area contributed by atoms with Gasteiger partial charge in [-0.05, 0) is 42.1 Å². The van der Waals surface area contributed by atoms with Gasteiger partial charge < -0.3 is 9.64 Å². The summed E-state index contributed by atoms with van der Waals surface area (Å²) in [6, 6.07) is 16.6. The fourth-order valence-corrected chi connectivity index (χ4v) is 3.82. The number of thioether (sulfide) groups is 1. The molecule has 0 amide bonds. The van der Waals surface area contributed by atoms with E-state index in [4.69, 9.17) is 4.74 Å². The smallest absolute Gasteiger partial charge is 0.256 e. The van der Waals surface area contributed by atoms with Crippen molar-refractivity contribution in [1.82, 2.24) is 0 Å². The van der Waals surface area contributed by atoms with E-state index in [9.17, 15) is 0 Å². The molecule has 2 heterocycles. The number of fused-ring (bicyclic) bond motifs is 2. The van der Waals surface area contributed by atoms with E-state index >= 15 is 0 Å². The van der Waals surface area contributed by atoms with Crippen LogP contribution in [0.25, 0.3) is 6.08 Å². The van der Waals surface area contributed by atoms with E-state index < -0.39 is 5.06 Å². The van der Waals surface area contributed by atoms with Gasteiger partial charge in [0.1, 0.15) is 5.75 Å². The highest BCUT2D eigenvalue weighted by atomic mass is 32.2. The third kappa shape index (κ3) is 1.51. The summed E-state index contributed by atoms with van der Waals surface area (Å²) in [6.45, 7) is 0. The van der Waals surface area contributed by atoms with Gasteiger partial charge in [-0.3, -0.25) is 0 Å². The van der Waals surface area contributed by atoms with Crippen LogP contribution in [-0.4, -0.2) is 12.1 Å². The van der Waals surface area contributed by atoms with Crippen molar-refractivity contribution >= 4 is 23.5 Å². The quantitative estimate of drug-likeness (QED) is 0.716. The maximum absolute atomic E-state index is 6.28. The molecule has 4 rings (SSSR count). The lowest BCUT2D eigenvalue weighted by Gasteiger charge is -2.36. The maximum Gasteiger partial charge on any atom is 0.256 e. The SMILES string of the molecule is CN1c2ccccc2SC12C=Cc1ccccc1O2. The standard InChI is InChI=1S/C16H13NOS/c1-17-13-7-3-5-9-15(13)19-16(17)11-10-12-6-2-4-8-14(12)18-16/h2-11H,1H3. The summed E-state index contributed by atoms with van der Waals surface area (Å²) in [5.41, 5.74) is 2.36. The molecule has 1 atom stereocenters. The molecule has 0 aliphatic carbocycles. The lowest BCUT2D eigenvalue weighted by Crippen LogP contribution is -2.45. The number of rotatable bonds is 0. The Morgan fingerprint density at radius 1 is 1.05 bits per heavy atom. The Kier molecular flexibility index (Phi) is 2.21. The molecule has 0 bridgehead atoms. The van der Waals surface area contributed by atoms with Crippen LogP contribution in [0.15, 0.2) is 59.5 Å². The molecule has 1 spiro atoms. The summed E-state index contributed by atoms with van der Waals surface area (Å²) >= 11 is 1.75. The van der Waals surface area contributed by atoms with E-state index in [0.717, 1.165) is 11.3 Å². The van der Waals surface area contributed by atoms with Crippen LogP contribution in [0.4, 0.5) is 5.69 Å². The third-order valence-corrected chi connectivity index (χ3v) is 4.95. The molecular weight excluding hydrogens is 254 g/mol. The van der Waals surface area contributed by atoms with Gasteiger partial charge in [0.15, 0.2) is 0 Å². The number of para-hydroxylation sites is 2. The molecule has 0 aromatic heterocycles. The molecule has 0 radical (unpaired) electrons. The van der Waals surface area contributed by atoms with Crippen molar-refractivity contribution in [1.29, 1.82) is 0 Å². The Balaban J connectivity index is 1.80. The Morgan fingerprint density at radius 3 is 2.74 bits per heavy atom. The Morgan fingerprint density at radius 2 is 1.84 bits per heavy atom. The molecule has 2 aliphatic rings. The van der Waals surface area contributed by atoms with Gasteiger partial charge in [-0.25, -0.2) is 0 Å². The first-order chi connectivity index (χ1) is 9.28. The minimum atomic E-state index is -0.446. The number of ether oxygens (including phenoxy) is 1. The molecule has 2 aromatic carbocycles. The van der Waals surface area contributed by atoms with Crippen molar-refractivity contribution in [2.75, 3.05) is 11.9 Å². The van der Waals surface area contributed by atoms with Crippen LogP contribution in [0.3, 0.4) is 0 Å². The highest BCUT2D eigenvalue weighted by Gasteiger charge is 2.44. The van der Waals surface area contributed by atoms with E-state index in [1.165, 1.54) is 10.6 Å². The average Bonchev–Trinajstić information content (AvgIpc) is 2.72. The van der Waals surface area contributed by atoms with Crippen molar-refractivity contribution in [2.45, 2.75) is 9.95 Å². The van der Waals surface area contributed by atoms with Crippen molar-refractivity contribution in [3.05, 3.63) is 60.2 Å². The minimum absolute atomic E-state index is 0.446. The van der Waals surface area contributed by atoms with Gasteiger partial charge in [-0.15, -0.1) is 0 Å². The summed E-state index contributed by atoms with van der Waals surface area (Å²) in [6.07, 6.45) is 4.29. The third-order valence-electron chi connectivity index (χ3n) is 3.60. The summed E-state index contributed by atoms with van der Waals surface area (Å²) in [5.74, 6) is 0.942. The molecule has 1 unspecified atom stereocenters. The fourth-order valence-electron chi connectivity index (χ4n) is 2.55. The average molecular weight is 267 g/mol. The number of nitrogens with zero attached hydrogens (tertiary/aromatic N) is 1. The van der Waals surface area contributed by atoms with Crippen LogP contribution in [0.5, 0.6) is 5.75 Å². The Bertz CT molecular complexity index is 682. The largest absolute Gasteiger partial charge is 0.454 e. The number of likely N-dealkylation sites (N-methyl/N-ethyl adjacent to an activating group) is 1. The van der Waals surface area contributed by atoms with Gasteiger partial charge in [-0.2, -0.15) is 0 Å². The minimum Gasteiger partial charge on any atom is -0.454 e. The maximum atomic E-state index is 6.28. The van der Waals surface area contributed by atoms with Crippen LogP contribution in [0, 0.1) is 0 Å². The summed E-state index contributed by atoms with van der Waals surface area (Å²) in [5, 5.41) is -0.446. The fraction of sp³-hybridized carbons (Fsp3) is 0.125. The van der Waals surface area contributed by atoms with E-state index in [-0.39, 0.29) is 0 Å². The zero-order valence-corrected chi connectivity index (χ0v) is 11.4. The predicted octanol–water partition coefficient (Wildman–Crippen LogP) is 3.99. The second-order valence-electron chi connectivity index (χ2n) is 4.73. The number of hydrogen-bond donors (Lipinski definition) is 0. The van der Waals surface area contributed by atoms with Gasteiger partial charge >= 0.3 is 0 Å². The van der Waals surface area contributed by atoms with Crippen molar-refractivity contribution in [2.24, 2.45) is 0 Å². The molecule has 0 saturated carbocycles. The van der Waals surface area contributed by atoms with E-state index in [0.29, 0.717) is 0 Å². The summed E-state index contributed by atoms with van der Waals surface area (Å²) in [4.78, 5) is 3.45. The van der Waals surface area contributed by atoms with E-state index in [1.807, 2.05) is 18.2 Å². The molecule has 0 saturated heterocycles. The van der Waals surface area contributed by atoms with E-state index in [2.05, 4.69) is 54.4 Å². The molecule has 3 heteroatoms. The highest BCUT2D eigenvalue weighted by molar-refractivity contribution is 8.01. The topological polar surface area (TPSA) is 12.5 Å². The van der Waals surface area contributed by atoms with Crippen LogP contribution in [0.1, 0.15) is 5.56 Å². The first kappa shape index (κ1) is 11.0. The van der Waals surface area contributed by atoms with Gasteiger partial charge in [0.25, 0.3) is 5.06 Å². The molecule has 0 fully saturated rings. The van der Waals surface area contributed by atoms with Crippen LogP contribution in [-0.2, 0) is 0 Å². The lowest BCUT2D eigenvalue weighted by molar-refractivity contribution is 0.215. The first-order valence-electron chi connectivity index (χ1n) is 6.28.